The summed E-state index contributed by atoms with van der Waals surface area (Å²) in [5.41, 5.74) is 3.01. The van der Waals surface area contributed by atoms with E-state index in [0.29, 0.717) is 24.7 Å². The van der Waals surface area contributed by atoms with Crippen molar-refractivity contribution in [3.63, 3.8) is 0 Å². The normalized spacial score (nSPS) is 33.2. The van der Waals surface area contributed by atoms with Crippen LogP contribution in [0, 0.1) is 34.5 Å². The van der Waals surface area contributed by atoms with Gasteiger partial charge in [-0.15, -0.1) is 0 Å². The summed E-state index contributed by atoms with van der Waals surface area (Å²) in [7, 11) is 0. The number of hydrogen-bond acceptors (Lipinski definition) is 8. The zero-order valence-electron chi connectivity index (χ0n) is 33.4. The Morgan fingerprint density at radius 2 is 1.08 bits per heavy atom. The molecule has 4 aliphatic carbocycles. The number of carbonyl (C=O) groups excluding carboxylic acids is 2. The molecule has 4 N–H and O–H groups in total. The second kappa shape index (κ2) is 23.9. The van der Waals surface area contributed by atoms with Gasteiger partial charge in [0.15, 0.2) is 0 Å². The van der Waals surface area contributed by atoms with Gasteiger partial charge in [-0.1, -0.05) is 114 Å². The Balaban J connectivity index is 0.000000360. The van der Waals surface area contributed by atoms with Gasteiger partial charge in [-0.3, -0.25) is 0 Å². The third-order valence-electron chi connectivity index (χ3n) is 12.5. The van der Waals surface area contributed by atoms with Gasteiger partial charge in [0.05, 0.1) is 24.4 Å². The van der Waals surface area contributed by atoms with E-state index in [4.69, 9.17) is 0 Å². The minimum Gasteiger partial charge on any atom is -0.550 e. The summed E-state index contributed by atoms with van der Waals surface area (Å²) >= 11 is 0. The van der Waals surface area contributed by atoms with E-state index in [9.17, 15) is 40.2 Å². The Bertz CT molecular complexity index is 1150. The minimum atomic E-state index is -0.982. The smallest absolute Gasteiger partial charge is 0.550 e. The summed E-state index contributed by atoms with van der Waals surface area (Å²) in [6.07, 6.45) is 27.6. The van der Waals surface area contributed by atoms with Gasteiger partial charge in [-0.25, -0.2) is 0 Å². The van der Waals surface area contributed by atoms with Crippen LogP contribution < -0.4 is 10.2 Å². The maximum absolute atomic E-state index is 10.5. The molecule has 0 bridgehead atoms. The Labute approximate surface area is 350 Å². The van der Waals surface area contributed by atoms with Crippen LogP contribution in [0.15, 0.2) is 47.6 Å². The minimum absolute atomic E-state index is 0. The molecule has 8 nitrogen and oxygen atoms in total. The molecule has 0 heterocycles. The van der Waals surface area contributed by atoms with Crippen LogP contribution in [-0.2, 0) is 9.59 Å². The van der Waals surface area contributed by atoms with Crippen LogP contribution in [0.4, 0.5) is 0 Å². The molecular weight excluding hydrogens is 697 g/mol. The molecular formula is C44H70CaO8. The molecule has 9 heteroatoms. The van der Waals surface area contributed by atoms with Gasteiger partial charge in [-0.05, 0) is 113 Å². The summed E-state index contributed by atoms with van der Waals surface area (Å²) < 4.78 is 0. The summed E-state index contributed by atoms with van der Waals surface area (Å²) in [4.78, 5) is 21.0. The molecule has 0 aromatic heterocycles. The van der Waals surface area contributed by atoms with Crippen LogP contribution in [0.25, 0.3) is 0 Å². The van der Waals surface area contributed by atoms with E-state index in [1.165, 1.54) is 11.1 Å². The number of unbranched alkanes of at least 4 members (excludes halogenated alkanes) is 6. The quantitative estimate of drug-likeness (QED) is 0.0680. The first-order valence-electron chi connectivity index (χ1n) is 20.6. The van der Waals surface area contributed by atoms with Crippen LogP contribution in [0.5, 0.6) is 0 Å². The molecule has 0 aromatic carbocycles. The standard InChI is InChI=1S/2C22H36O4.Ca/c2*1-3-4-5-9-17(23)11-12-18-19-13-16(8-6-7-10-21(25)26)14-22(19,2)15-20(18)24;/h2*8,11-12,17-20,23-24H,3-7,9-10,13-15H2,1-2H3,(H,25,26);/q;;+2/p-2/b12-11+,16-8-;12-11-,16-8+;/t2*17-,18+,19+,20+,22-;/m00./s1. The Morgan fingerprint density at radius 1 is 0.698 bits per heavy atom. The number of allylic oxidation sites excluding steroid dienone is 4. The molecule has 0 amide bonds. The molecule has 10 atom stereocenters. The molecule has 0 radical (unpaired) electrons. The monoisotopic (exact) mass is 766 g/mol. The maximum atomic E-state index is 10.5. The van der Waals surface area contributed by atoms with Crippen molar-refractivity contribution in [3.05, 3.63) is 47.6 Å². The number of carbonyl (C=O) groups is 2. The fraction of sp³-hybridized carbons (Fsp3) is 0.773. The third kappa shape index (κ3) is 15.5. The second-order valence-electron chi connectivity index (χ2n) is 17.1. The topological polar surface area (TPSA) is 161 Å². The van der Waals surface area contributed by atoms with Gasteiger partial charge in [0.1, 0.15) is 0 Å². The van der Waals surface area contributed by atoms with Crippen LogP contribution in [0.3, 0.4) is 0 Å². The van der Waals surface area contributed by atoms with Crippen LogP contribution in [-0.4, -0.2) is 94.5 Å². The number of fused-ring (bicyclic) bond motifs is 2. The predicted octanol–water partition coefficient (Wildman–Crippen LogP) is 5.87. The van der Waals surface area contributed by atoms with Gasteiger partial charge in [0.25, 0.3) is 0 Å². The average Bonchev–Trinajstić information content (AvgIpc) is 3.71. The number of rotatable bonds is 20. The number of aliphatic carboxylic acids is 2. The zero-order valence-corrected chi connectivity index (χ0v) is 35.6. The fourth-order valence-corrected chi connectivity index (χ4v) is 9.77. The molecule has 4 saturated carbocycles. The van der Waals surface area contributed by atoms with E-state index in [0.717, 1.165) is 103 Å². The molecule has 0 spiro atoms. The van der Waals surface area contributed by atoms with Crippen molar-refractivity contribution in [2.75, 3.05) is 0 Å². The van der Waals surface area contributed by atoms with Gasteiger partial charge in [0, 0.05) is 23.8 Å². The molecule has 53 heavy (non-hydrogen) atoms. The van der Waals surface area contributed by atoms with Crippen molar-refractivity contribution in [2.45, 2.75) is 181 Å². The van der Waals surface area contributed by atoms with Crippen molar-refractivity contribution < 1.29 is 40.2 Å². The van der Waals surface area contributed by atoms with E-state index >= 15 is 0 Å². The predicted molar refractivity (Wildman–Crippen MR) is 208 cm³/mol. The van der Waals surface area contributed by atoms with Gasteiger partial charge >= 0.3 is 37.7 Å². The number of aliphatic hydroxyl groups is 4. The van der Waals surface area contributed by atoms with Gasteiger partial charge in [-0.2, -0.15) is 0 Å². The molecule has 4 fully saturated rings. The molecule has 0 aliphatic heterocycles. The number of hydrogen-bond donors (Lipinski definition) is 4. The van der Waals surface area contributed by atoms with Crippen LogP contribution in [0.1, 0.15) is 156 Å². The number of carboxylic acids is 2. The Morgan fingerprint density at radius 3 is 1.42 bits per heavy atom. The van der Waals surface area contributed by atoms with Crippen LogP contribution in [0.2, 0.25) is 0 Å². The SMILES string of the molecule is CCCCC[C@H](O)/C=C/[C@H]1[C@H](O)C[C@]2(C)C/C(=C\CCCC(=O)[O-])C[C@H]12.CCCCC[C@H](O)/C=C\[C@H]1[C@H](O)C[C@]2(C)C/C(=C/CCCC(=O)[O-])C[C@H]12.[Ca+2]. The van der Waals surface area contributed by atoms with Gasteiger partial charge < -0.3 is 40.2 Å². The molecule has 0 aromatic rings. The fourth-order valence-electron chi connectivity index (χ4n) is 9.77. The zero-order chi connectivity index (χ0) is 38.3. The first-order chi connectivity index (χ1) is 24.7. The first kappa shape index (κ1) is 48.1. The van der Waals surface area contributed by atoms with Crippen molar-refractivity contribution in [1.29, 1.82) is 0 Å². The Kier molecular flexibility index (Phi) is 21.7. The van der Waals surface area contributed by atoms with Crippen molar-refractivity contribution in [1.82, 2.24) is 0 Å². The number of carboxylic acid groups (broad SMARTS) is 2. The van der Waals surface area contributed by atoms with E-state index in [2.05, 4.69) is 52.0 Å². The van der Waals surface area contributed by atoms with E-state index in [1.54, 1.807) is 0 Å². The number of aliphatic hydroxyl groups excluding tert-OH is 4. The van der Waals surface area contributed by atoms with E-state index < -0.39 is 24.1 Å². The maximum Gasteiger partial charge on any atom is 2.00 e. The van der Waals surface area contributed by atoms with Crippen LogP contribution >= 0.6 is 0 Å². The summed E-state index contributed by atoms with van der Waals surface area (Å²) in [6, 6.07) is 0. The molecule has 0 saturated heterocycles. The second-order valence-corrected chi connectivity index (χ2v) is 17.1. The van der Waals surface area contributed by atoms with E-state index in [1.807, 2.05) is 12.2 Å². The summed E-state index contributed by atoms with van der Waals surface area (Å²) in [5, 5.41) is 62.3. The van der Waals surface area contributed by atoms with Gasteiger partial charge in [0.2, 0.25) is 0 Å². The van der Waals surface area contributed by atoms with Crippen molar-refractivity contribution >= 4 is 49.7 Å². The summed E-state index contributed by atoms with van der Waals surface area (Å²) in [5.74, 6) is -0.938. The molecule has 296 valence electrons. The van der Waals surface area contributed by atoms with E-state index in [-0.39, 0.29) is 85.5 Å². The molecule has 0 unspecified atom stereocenters. The van der Waals surface area contributed by atoms with Crippen molar-refractivity contribution in [3.8, 4) is 0 Å². The first-order valence-corrected chi connectivity index (χ1v) is 20.6. The molecule has 4 rings (SSSR count). The third-order valence-corrected chi connectivity index (χ3v) is 12.5. The Hall–Kier alpha value is -1.00. The average molecular weight is 767 g/mol. The van der Waals surface area contributed by atoms with Crippen molar-refractivity contribution in [2.24, 2.45) is 34.5 Å². The summed E-state index contributed by atoms with van der Waals surface area (Å²) in [6.45, 7) is 8.83. The molecule has 4 aliphatic rings. The largest absolute Gasteiger partial charge is 2.00 e.